The molecule has 0 aromatic heterocycles. The molecule has 1 atom stereocenters. The zero-order valence-corrected chi connectivity index (χ0v) is 20.9. The summed E-state index contributed by atoms with van der Waals surface area (Å²) in [7, 11) is -2.19. The average Bonchev–Trinajstić information content (AvgIpc) is 2.75. The first-order valence-electron chi connectivity index (χ1n) is 10.7. The van der Waals surface area contributed by atoms with Crippen LogP contribution in [0.5, 0.6) is 5.75 Å². The van der Waals surface area contributed by atoms with Crippen molar-refractivity contribution >= 4 is 27.5 Å². The van der Waals surface area contributed by atoms with E-state index >= 15 is 0 Å². The Morgan fingerprint density at radius 1 is 1.09 bits per heavy atom. The van der Waals surface area contributed by atoms with E-state index in [1.54, 1.807) is 52.1 Å². The minimum Gasteiger partial charge on any atom is -0.497 e. The third-order valence-corrected chi connectivity index (χ3v) is 6.46. The Labute approximate surface area is 196 Å². The van der Waals surface area contributed by atoms with E-state index in [0.29, 0.717) is 18.0 Å². The van der Waals surface area contributed by atoms with Crippen LogP contribution in [0.1, 0.15) is 30.5 Å². The maximum atomic E-state index is 13.4. The number of carbonyl (C=O) groups excluding carboxylic acids is 2. The van der Waals surface area contributed by atoms with Gasteiger partial charge >= 0.3 is 0 Å². The van der Waals surface area contributed by atoms with Crippen LogP contribution >= 0.6 is 0 Å². The summed E-state index contributed by atoms with van der Waals surface area (Å²) >= 11 is 0. The van der Waals surface area contributed by atoms with E-state index in [9.17, 15) is 18.0 Å². The number of benzene rings is 2. The second-order valence-electron chi connectivity index (χ2n) is 8.00. The maximum absolute atomic E-state index is 13.4. The predicted octanol–water partition coefficient (Wildman–Crippen LogP) is 2.63. The monoisotopic (exact) mass is 475 g/mol. The summed E-state index contributed by atoms with van der Waals surface area (Å²) in [4.78, 5) is 27.4. The Morgan fingerprint density at radius 3 is 2.24 bits per heavy atom. The summed E-state index contributed by atoms with van der Waals surface area (Å²) in [5.41, 5.74) is 2.96. The predicted molar refractivity (Wildman–Crippen MR) is 130 cm³/mol. The van der Waals surface area contributed by atoms with Gasteiger partial charge < -0.3 is 15.0 Å². The number of sulfonamides is 1. The zero-order valence-electron chi connectivity index (χ0n) is 20.1. The van der Waals surface area contributed by atoms with Crippen molar-refractivity contribution < 1.29 is 22.7 Å². The molecule has 9 heteroatoms. The van der Waals surface area contributed by atoms with Crippen molar-refractivity contribution in [3.63, 3.8) is 0 Å². The lowest BCUT2D eigenvalue weighted by molar-refractivity contribution is -0.139. The van der Waals surface area contributed by atoms with E-state index in [1.807, 2.05) is 25.1 Å². The maximum Gasteiger partial charge on any atom is 0.244 e. The number of aryl methyl sites for hydroxylation is 2. The Balaban J connectivity index is 2.40. The van der Waals surface area contributed by atoms with Gasteiger partial charge in [-0.25, -0.2) is 8.42 Å². The van der Waals surface area contributed by atoms with Gasteiger partial charge in [-0.15, -0.1) is 0 Å². The Hall–Kier alpha value is -3.07. The molecule has 0 aliphatic rings. The van der Waals surface area contributed by atoms with Crippen LogP contribution in [-0.2, 0) is 26.2 Å². The van der Waals surface area contributed by atoms with Gasteiger partial charge in [0.2, 0.25) is 21.8 Å². The highest BCUT2D eigenvalue weighted by molar-refractivity contribution is 7.92. The van der Waals surface area contributed by atoms with Crippen LogP contribution in [0.15, 0.2) is 42.5 Å². The lowest BCUT2D eigenvalue weighted by Crippen LogP contribution is -2.51. The summed E-state index contributed by atoms with van der Waals surface area (Å²) in [6.07, 6.45) is 1.07. The Kier molecular flexibility index (Phi) is 8.87. The molecule has 2 aromatic rings. The van der Waals surface area contributed by atoms with Crippen molar-refractivity contribution in [2.75, 3.05) is 30.8 Å². The number of rotatable bonds is 10. The van der Waals surface area contributed by atoms with Crippen LogP contribution in [0.25, 0.3) is 0 Å². The van der Waals surface area contributed by atoms with Gasteiger partial charge in [-0.1, -0.05) is 29.8 Å². The molecule has 0 fully saturated rings. The van der Waals surface area contributed by atoms with E-state index in [1.165, 1.54) is 4.90 Å². The number of carbonyl (C=O) groups is 2. The Morgan fingerprint density at radius 2 is 1.73 bits per heavy atom. The highest BCUT2D eigenvalue weighted by Gasteiger charge is 2.30. The third-order valence-electron chi connectivity index (χ3n) is 5.33. The zero-order chi connectivity index (χ0) is 24.8. The second kappa shape index (κ2) is 11.2. The van der Waals surface area contributed by atoms with Crippen molar-refractivity contribution in [2.24, 2.45) is 0 Å². The van der Waals surface area contributed by atoms with Gasteiger partial charge in [-0.2, -0.15) is 0 Å². The number of hydrogen-bond donors (Lipinski definition) is 1. The molecular weight excluding hydrogens is 442 g/mol. The topological polar surface area (TPSA) is 96.0 Å². The van der Waals surface area contributed by atoms with Crippen molar-refractivity contribution in [1.82, 2.24) is 10.2 Å². The molecule has 0 aliphatic heterocycles. The normalized spacial score (nSPS) is 12.1. The molecule has 1 N–H and O–H groups in total. The number of amides is 2. The second-order valence-corrected chi connectivity index (χ2v) is 9.91. The van der Waals surface area contributed by atoms with Gasteiger partial charge in [0.05, 0.1) is 19.1 Å². The summed E-state index contributed by atoms with van der Waals surface area (Å²) in [5.74, 6) is -0.113. The molecular formula is C24H33N3O5S. The number of ether oxygens (including phenoxy) is 1. The summed E-state index contributed by atoms with van der Waals surface area (Å²) in [6.45, 7) is 7.30. The van der Waals surface area contributed by atoms with Gasteiger partial charge in [0.1, 0.15) is 18.3 Å². The largest absolute Gasteiger partial charge is 0.497 e. The molecule has 2 aromatic carbocycles. The van der Waals surface area contributed by atoms with Crippen molar-refractivity contribution in [1.29, 1.82) is 0 Å². The van der Waals surface area contributed by atoms with Gasteiger partial charge in [-0.3, -0.25) is 13.9 Å². The minimum atomic E-state index is -3.75. The lowest BCUT2D eigenvalue weighted by atomic mass is 10.1. The molecule has 0 spiro atoms. The molecule has 2 rings (SSSR count). The molecule has 180 valence electrons. The molecule has 0 saturated carbocycles. The number of likely N-dealkylation sites (N-methyl/N-ethyl adjacent to an activating group) is 1. The van der Waals surface area contributed by atoms with E-state index in [-0.39, 0.29) is 12.5 Å². The van der Waals surface area contributed by atoms with Crippen LogP contribution in [0.4, 0.5) is 5.69 Å². The van der Waals surface area contributed by atoms with Crippen molar-refractivity contribution in [3.05, 3.63) is 59.2 Å². The van der Waals surface area contributed by atoms with E-state index in [0.717, 1.165) is 27.3 Å². The molecule has 0 heterocycles. The SMILES string of the molecule is CCNC(=O)[C@@H](C)N(Cc1ccc(OC)cc1)C(=O)CN(c1ccc(C)cc1C)S(C)(=O)=O. The summed E-state index contributed by atoms with van der Waals surface area (Å²) in [6, 6.07) is 11.7. The van der Waals surface area contributed by atoms with Crippen LogP contribution in [0.3, 0.4) is 0 Å². The van der Waals surface area contributed by atoms with Crippen LogP contribution in [0.2, 0.25) is 0 Å². The molecule has 0 saturated heterocycles. The number of hydrogen-bond acceptors (Lipinski definition) is 5. The fourth-order valence-corrected chi connectivity index (χ4v) is 4.42. The van der Waals surface area contributed by atoms with Crippen LogP contribution in [-0.4, -0.2) is 57.6 Å². The van der Waals surface area contributed by atoms with Gasteiger partial charge in [0.25, 0.3) is 0 Å². The number of anilines is 1. The highest BCUT2D eigenvalue weighted by atomic mass is 32.2. The summed E-state index contributed by atoms with van der Waals surface area (Å²) < 4.78 is 31.5. The van der Waals surface area contributed by atoms with Crippen LogP contribution in [0, 0.1) is 13.8 Å². The molecule has 0 bridgehead atoms. The van der Waals surface area contributed by atoms with Gasteiger partial charge in [-0.05, 0) is 57.0 Å². The molecule has 2 amide bonds. The molecule has 0 radical (unpaired) electrons. The first kappa shape index (κ1) is 26.2. The van der Waals surface area contributed by atoms with Gasteiger partial charge in [0, 0.05) is 13.1 Å². The Bertz CT molecular complexity index is 1080. The number of nitrogens with one attached hydrogen (secondary N) is 1. The summed E-state index contributed by atoms with van der Waals surface area (Å²) in [5, 5.41) is 2.73. The molecule has 8 nitrogen and oxygen atoms in total. The average molecular weight is 476 g/mol. The number of nitrogens with zero attached hydrogens (tertiary/aromatic N) is 2. The van der Waals surface area contributed by atoms with Crippen molar-refractivity contribution in [3.8, 4) is 5.75 Å². The van der Waals surface area contributed by atoms with E-state index < -0.39 is 28.5 Å². The minimum absolute atomic E-state index is 0.144. The highest BCUT2D eigenvalue weighted by Crippen LogP contribution is 2.24. The fourth-order valence-electron chi connectivity index (χ4n) is 3.51. The van der Waals surface area contributed by atoms with Crippen LogP contribution < -0.4 is 14.4 Å². The van der Waals surface area contributed by atoms with E-state index in [4.69, 9.17) is 4.74 Å². The smallest absolute Gasteiger partial charge is 0.244 e. The van der Waals surface area contributed by atoms with Crippen molar-refractivity contribution in [2.45, 2.75) is 40.3 Å². The van der Waals surface area contributed by atoms with E-state index in [2.05, 4.69) is 5.32 Å². The molecule has 0 aliphatic carbocycles. The lowest BCUT2D eigenvalue weighted by Gasteiger charge is -2.32. The standard InChI is InChI=1S/C24H33N3O5S/c1-7-25-24(29)19(4)26(15-20-9-11-21(32-5)12-10-20)23(28)16-27(33(6,30)31)22-13-8-17(2)14-18(22)3/h8-14,19H,7,15-16H2,1-6H3,(H,25,29)/t19-/m1/s1. The van der Waals surface area contributed by atoms with Gasteiger partial charge in [0.15, 0.2) is 0 Å². The molecule has 33 heavy (non-hydrogen) atoms. The molecule has 0 unspecified atom stereocenters. The fraction of sp³-hybridized carbons (Fsp3) is 0.417. The first-order chi connectivity index (χ1) is 15.5. The first-order valence-corrected chi connectivity index (χ1v) is 12.6. The number of methoxy groups -OCH3 is 1. The third kappa shape index (κ3) is 6.95. The quantitative estimate of drug-likeness (QED) is 0.570.